The Morgan fingerprint density at radius 2 is 0.615 bits per heavy atom. The lowest BCUT2D eigenvalue weighted by atomic mass is 9.99. The first-order valence-corrected chi connectivity index (χ1v) is 40.0. The number of ether oxygens (including phenoxy) is 4. The van der Waals surface area contributed by atoms with Gasteiger partial charge in [-0.25, -0.2) is 9.13 Å². The van der Waals surface area contributed by atoms with E-state index >= 15 is 0 Å². The van der Waals surface area contributed by atoms with E-state index in [1.807, 2.05) is 0 Å². The van der Waals surface area contributed by atoms with Crippen LogP contribution in [0.3, 0.4) is 0 Å². The second-order valence-electron chi connectivity index (χ2n) is 25.5. The van der Waals surface area contributed by atoms with E-state index in [1.165, 1.54) is 148 Å². The third-order valence-corrected chi connectivity index (χ3v) is 18.4. The molecule has 0 spiro atoms. The number of carbonyl (C=O) groups is 4. The zero-order chi connectivity index (χ0) is 67.0. The lowest BCUT2D eigenvalue weighted by molar-refractivity contribution is -0.161. The second-order valence-corrected chi connectivity index (χ2v) is 28.4. The predicted octanol–water partition coefficient (Wildman–Crippen LogP) is 20.5. The summed E-state index contributed by atoms with van der Waals surface area (Å²) in [6.45, 7) is 7.18. The molecule has 0 aliphatic rings. The maximum atomic E-state index is 13.0. The summed E-state index contributed by atoms with van der Waals surface area (Å²) < 4.78 is 68.2. The molecular formula is C72H136O17P2. The van der Waals surface area contributed by atoms with Crippen molar-refractivity contribution in [3.63, 3.8) is 0 Å². The van der Waals surface area contributed by atoms with Crippen molar-refractivity contribution in [1.29, 1.82) is 0 Å². The van der Waals surface area contributed by atoms with Crippen molar-refractivity contribution in [3.05, 3.63) is 24.3 Å². The molecule has 0 saturated carbocycles. The van der Waals surface area contributed by atoms with Crippen LogP contribution in [0, 0.1) is 5.92 Å². The summed E-state index contributed by atoms with van der Waals surface area (Å²) in [5.41, 5.74) is 0. The molecule has 0 heterocycles. The molecule has 536 valence electrons. The lowest BCUT2D eigenvalue weighted by Crippen LogP contribution is -2.30. The van der Waals surface area contributed by atoms with Gasteiger partial charge in [-0.3, -0.25) is 37.3 Å². The maximum Gasteiger partial charge on any atom is 0.472 e. The standard InChI is InChI=1S/C72H136O17P2/c1-6-10-13-16-19-21-23-25-27-29-31-36-41-46-51-56-70(75)83-62-68(89-71(76)57-52-47-42-37-32-30-28-26-24-22-20-17-14-11-7-2)64-87-91(80,81)85-60-66(73)59-84-90(78,79)86-63-67(61-82-69(74)55-50-45-39-18-15-12-8-3)88-72(77)58-53-48-43-38-34-33-35-40-44-49-54-65(5)9-4/h22,24,26,28,65-68,73H,6-21,23,25,27,29-64H2,1-5H3,(H,78,79)(H,80,81)/b24-22-,28-26-/t65?,66-,67+,68+/m0/s1. The SMILES string of the molecule is CCCCCC/C=C\C=C/CCCCCCCC(=O)O[C@H](COC(=O)CCCCCCCCCCCCCCCCC)COP(=O)(O)OC[C@@H](O)COP(=O)(O)OC[C@@H](COC(=O)CCCCCCCCC)OC(=O)CCCCCCCCCCCCC(C)CC. The van der Waals surface area contributed by atoms with Crippen molar-refractivity contribution in [2.45, 2.75) is 368 Å². The molecule has 17 nitrogen and oxygen atoms in total. The molecule has 0 fully saturated rings. The fraction of sp³-hybridized carbons (Fsp3) is 0.889. The summed E-state index contributed by atoms with van der Waals surface area (Å²) in [4.78, 5) is 72.5. The Kier molecular flexibility index (Phi) is 63.1. The van der Waals surface area contributed by atoms with E-state index in [1.54, 1.807) is 0 Å². The molecular weight excluding hydrogens is 1200 g/mol. The Bertz CT molecular complexity index is 1850. The minimum absolute atomic E-state index is 0.0856. The van der Waals surface area contributed by atoms with Gasteiger partial charge in [0, 0.05) is 25.7 Å². The molecule has 6 atom stereocenters. The first kappa shape index (κ1) is 88.5. The van der Waals surface area contributed by atoms with Crippen molar-refractivity contribution >= 4 is 39.5 Å². The molecule has 0 aliphatic heterocycles. The predicted molar refractivity (Wildman–Crippen MR) is 368 cm³/mol. The van der Waals surface area contributed by atoms with Gasteiger partial charge in [-0.1, -0.05) is 296 Å². The molecule has 3 N–H and O–H groups in total. The molecule has 0 saturated heterocycles. The summed E-state index contributed by atoms with van der Waals surface area (Å²) >= 11 is 0. The van der Waals surface area contributed by atoms with Gasteiger partial charge in [-0.05, 0) is 57.3 Å². The van der Waals surface area contributed by atoms with Crippen LogP contribution in [0.15, 0.2) is 24.3 Å². The van der Waals surface area contributed by atoms with Gasteiger partial charge in [0.1, 0.15) is 19.3 Å². The van der Waals surface area contributed by atoms with Gasteiger partial charge in [0.15, 0.2) is 12.2 Å². The van der Waals surface area contributed by atoms with Crippen molar-refractivity contribution in [1.82, 2.24) is 0 Å². The summed E-state index contributed by atoms with van der Waals surface area (Å²) in [7, 11) is -9.91. The van der Waals surface area contributed by atoms with Crippen LogP contribution < -0.4 is 0 Å². The van der Waals surface area contributed by atoms with E-state index in [4.69, 9.17) is 37.0 Å². The number of unbranched alkanes of at least 4 members (excludes halogenated alkanes) is 38. The molecule has 0 radical (unpaired) electrons. The van der Waals surface area contributed by atoms with Crippen molar-refractivity contribution in [2.24, 2.45) is 5.92 Å². The average molecular weight is 1340 g/mol. The van der Waals surface area contributed by atoms with Crippen LogP contribution in [0.5, 0.6) is 0 Å². The monoisotopic (exact) mass is 1330 g/mol. The average Bonchev–Trinajstić information content (AvgIpc) is 3.71. The van der Waals surface area contributed by atoms with Gasteiger partial charge in [-0.2, -0.15) is 0 Å². The number of rotatable bonds is 70. The minimum atomic E-state index is -4.96. The summed E-state index contributed by atoms with van der Waals surface area (Å²) in [6, 6.07) is 0. The van der Waals surface area contributed by atoms with Gasteiger partial charge in [0.2, 0.25) is 0 Å². The van der Waals surface area contributed by atoms with Crippen LogP contribution in [0.25, 0.3) is 0 Å². The topological polar surface area (TPSA) is 237 Å². The van der Waals surface area contributed by atoms with E-state index < -0.39 is 97.5 Å². The third-order valence-electron chi connectivity index (χ3n) is 16.5. The van der Waals surface area contributed by atoms with Gasteiger partial charge >= 0.3 is 39.5 Å². The van der Waals surface area contributed by atoms with Gasteiger partial charge in [0.25, 0.3) is 0 Å². The van der Waals surface area contributed by atoms with E-state index in [2.05, 4.69) is 58.9 Å². The highest BCUT2D eigenvalue weighted by Crippen LogP contribution is 2.45. The Morgan fingerprint density at radius 1 is 0.352 bits per heavy atom. The molecule has 0 rings (SSSR count). The number of phosphoric acid groups is 2. The van der Waals surface area contributed by atoms with Crippen LogP contribution in [0.4, 0.5) is 0 Å². The zero-order valence-corrected chi connectivity index (χ0v) is 60.3. The van der Waals surface area contributed by atoms with Crippen LogP contribution in [-0.4, -0.2) is 96.7 Å². The number of esters is 4. The van der Waals surface area contributed by atoms with Crippen molar-refractivity contribution < 1.29 is 80.2 Å². The quantitative estimate of drug-likeness (QED) is 0.0169. The van der Waals surface area contributed by atoms with Crippen molar-refractivity contribution in [2.75, 3.05) is 39.6 Å². The summed E-state index contributed by atoms with van der Waals surface area (Å²) in [5.74, 6) is -1.35. The van der Waals surface area contributed by atoms with Crippen LogP contribution in [0.1, 0.15) is 349 Å². The summed E-state index contributed by atoms with van der Waals surface area (Å²) in [5, 5.41) is 10.6. The molecule has 19 heteroatoms. The molecule has 3 unspecified atom stereocenters. The zero-order valence-electron chi connectivity index (χ0n) is 58.5. The second kappa shape index (κ2) is 64.9. The van der Waals surface area contributed by atoms with Crippen LogP contribution in [0.2, 0.25) is 0 Å². The number of hydrogen-bond acceptors (Lipinski definition) is 15. The first-order chi connectivity index (χ1) is 44.1. The highest BCUT2D eigenvalue weighted by atomic mass is 31.2. The number of allylic oxidation sites excluding steroid dienone is 4. The Balaban J connectivity index is 5.25. The van der Waals surface area contributed by atoms with E-state index in [0.29, 0.717) is 25.7 Å². The molecule has 91 heavy (non-hydrogen) atoms. The number of aliphatic hydroxyl groups is 1. The number of carbonyl (C=O) groups excluding carboxylic acids is 4. The van der Waals surface area contributed by atoms with Crippen LogP contribution >= 0.6 is 15.6 Å². The number of hydrogen-bond donors (Lipinski definition) is 3. The highest BCUT2D eigenvalue weighted by Gasteiger charge is 2.30. The number of phosphoric ester groups is 2. The molecule has 0 aromatic heterocycles. The molecule has 0 amide bonds. The number of aliphatic hydroxyl groups excluding tert-OH is 1. The molecule has 0 aliphatic carbocycles. The highest BCUT2D eigenvalue weighted by molar-refractivity contribution is 7.47. The molecule has 0 aromatic carbocycles. The van der Waals surface area contributed by atoms with Crippen molar-refractivity contribution in [3.8, 4) is 0 Å². The first-order valence-electron chi connectivity index (χ1n) is 37.0. The normalized spacial score (nSPS) is 14.5. The molecule has 0 bridgehead atoms. The summed E-state index contributed by atoms with van der Waals surface area (Å²) in [6.07, 6.45) is 54.9. The van der Waals surface area contributed by atoms with Gasteiger partial charge in [-0.15, -0.1) is 0 Å². The Hall–Kier alpha value is -2.46. The fourth-order valence-corrected chi connectivity index (χ4v) is 12.0. The third kappa shape index (κ3) is 64.6. The van der Waals surface area contributed by atoms with Crippen LogP contribution in [-0.2, 0) is 65.4 Å². The van der Waals surface area contributed by atoms with E-state index in [9.17, 15) is 43.2 Å². The van der Waals surface area contributed by atoms with E-state index in [0.717, 1.165) is 121 Å². The Morgan fingerprint density at radius 3 is 0.934 bits per heavy atom. The van der Waals surface area contributed by atoms with Gasteiger partial charge < -0.3 is 33.8 Å². The smallest absolute Gasteiger partial charge is 0.462 e. The Labute approximate surface area is 554 Å². The minimum Gasteiger partial charge on any atom is -0.462 e. The largest absolute Gasteiger partial charge is 0.472 e. The molecule has 0 aromatic rings. The van der Waals surface area contributed by atoms with Gasteiger partial charge in [0.05, 0.1) is 26.4 Å². The maximum absolute atomic E-state index is 13.0. The lowest BCUT2D eigenvalue weighted by Gasteiger charge is -2.21. The fourth-order valence-electron chi connectivity index (χ4n) is 10.4. The van der Waals surface area contributed by atoms with E-state index in [-0.39, 0.29) is 25.7 Å².